The Hall–Kier alpha value is -1.77. The zero-order chi connectivity index (χ0) is 12.7. The molecule has 0 spiro atoms. The first-order chi connectivity index (χ1) is 8.66. The van der Waals surface area contributed by atoms with Gasteiger partial charge in [-0.3, -0.25) is 0 Å². The second kappa shape index (κ2) is 4.16. The number of aromatic nitrogens is 2. The molecule has 0 saturated carbocycles. The van der Waals surface area contributed by atoms with Crippen LogP contribution in [0, 0.1) is 13.8 Å². The Morgan fingerprint density at radius 2 is 1.94 bits per heavy atom. The van der Waals surface area contributed by atoms with Gasteiger partial charge < -0.3 is 5.73 Å². The third kappa shape index (κ3) is 1.70. The third-order valence-corrected chi connectivity index (χ3v) is 3.78. The van der Waals surface area contributed by atoms with E-state index in [0.717, 1.165) is 24.3 Å². The first kappa shape index (κ1) is 11.3. The Kier molecular flexibility index (Phi) is 2.62. The molecule has 1 heterocycles. The number of nitrogen functional groups attached to an aromatic ring is 1. The van der Waals surface area contributed by atoms with E-state index in [1.807, 2.05) is 4.68 Å². The van der Waals surface area contributed by atoms with Crippen LogP contribution in [0.5, 0.6) is 0 Å². The molecule has 0 atom stereocenters. The van der Waals surface area contributed by atoms with Gasteiger partial charge in [-0.1, -0.05) is 17.7 Å². The second-order valence-electron chi connectivity index (χ2n) is 5.22. The van der Waals surface area contributed by atoms with E-state index in [1.165, 1.54) is 35.2 Å². The summed E-state index contributed by atoms with van der Waals surface area (Å²) < 4.78 is 1.92. The van der Waals surface area contributed by atoms with Crippen molar-refractivity contribution in [2.24, 2.45) is 0 Å². The van der Waals surface area contributed by atoms with Gasteiger partial charge in [-0.25, -0.2) is 4.68 Å². The van der Waals surface area contributed by atoms with Crippen LogP contribution in [0.25, 0.3) is 5.69 Å². The van der Waals surface area contributed by atoms with Crippen molar-refractivity contribution in [1.82, 2.24) is 9.78 Å². The Morgan fingerprint density at radius 3 is 2.67 bits per heavy atom. The highest BCUT2D eigenvalue weighted by molar-refractivity contribution is 5.53. The van der Waals surface area contributed by atoms with E-state index >= 15 is 0 Å². The van der Waals surface area contributed by atoms with E-state index in [1.54, 1.807) is 0 Å². The molecule has 3 nitrogen and oxygen atoms in total. The van der Waals surface area contributed by atoms with Crippen molar-refractivity contribution >= 4 is 5.82 Å². The summed E-state index contributed by atoms with van der Waals surface area (Å²) in [4.78, 5) is 0. The Labute approximate surface area is 108 Å². The van der Waals surface area contributed by atoms with E-state index in [2.05, 4.69) is 32.0 Å². The molecule has 3 rings (SSSR count). The van der Waals surface area contributed by atoms with Gasteiger partial charge >= 0.3 is 0 Å². The lowest BCUT2D eigenvalue weighted by Crippen LogP contribution is -2.05. The molecule has 0 unspecified atom stereocenters. The fourth-order valence-corrected chi connectivity index (χ4v) is 2.80. The molecule has 3 heteroatoms. The van der Waals surface area contributed by atoms with Crippen LogP contribution >= 0.6 is 0 Å². The van der Waals surface area contributed by atoms with Gasteiger partial charge in [0.05, 0.1) is 11.4 Å². The highest BCUT2D eigenvalue weighted by Crippen LogP contribution is 2.28. The van der Waals surface area contributed by atoms with Crippen molar-refractivity contribution in [3.05, 3.63) is 40.6 Å². The van der Waals surface area contributed by atoms with E-state index in [-0.39, 0.29) is 0 Å². The maximum atomic E-state index is 6.26. The second-order valence-corrected chi connectivity index (χ2v) is 5.22. The molecule has 18 heavy (non-hydrogen) atoms. The number of hydrogen-bond acceptors (Lipinski definition) is 2. The Morgan fingerprint density at radius 1 is 1.17 bits per heavy atom. The maximum Gasteiger partial charge on any atom is 0.130 e. The average Bonchev–Trinajstić information content (AvgIpc) is 2.68. The highest BCUT2D eigenvalue weighted by atomic mass is 15.3. The highest BCUT2D eigenvalue weighted by Gasteiger charge is 2.19. The summed E-state index contributed by atoms with van der Waals surface area (Å²) >= 11 is 0. The lowest BCUT2D eigenvalue weighted by molar-refractivity contribution is 0.671. The third-order valence-electron chi connectivity index (χ3n) is 3.78. The van der Waals surface area contributed by atoms with Crippen molar-refractivity contribution in [1.29, 1.82) is 0 Å². The van der Waals surface area contributed by atoms with Crippen LogP contribution in [0.4, 0.5) is 5.82 Å². The van der Waals surface area contributed by atoms with Gasteiger partial charge in [0.25, 0.3) is 0 Å². The number of nitrogens with two attached hydrogens (primary N) is 1. The van der Waals surface area contributed by atoms with Crippen molar-refractivity contribution in [3.63, 3.8) is 0 Å². The van der Waals surface area contributed by atoms with Crippen LogP contribution in [0.15, 0.2) is 18.2 Å². The van der Waals surface area contributed by atoms with Crippen LogP contribution in [0.2, 0.25) is 0 Å². The minimum absolute atomic E-state index is 0.830. The topological polar surface area (TPSA) is 43.8 Å². The number of fused-ring (bicyclic) bond motifs is 1. The predicted octanol–water partition coefficient (Wildman–Crippen LogP) is 2.95. The summed E-state index contributed by atoms with van der Waals surface area (Å²) in [5, 5.41) is 4.70. The Bertz CT molecular complexity index is 596. The van der Waals surface area contributed by atoms with Gasteiger partial charge in [-0.05, 0) is 51.2 Å². The van der Waals surface area contributed by atoms with Crippen LogP contribution in [-0.4, -0.2) is 9.78 Å². The molecule has 0 aliphatic heterocycles. The monoisotopic (exact) mass is 241 g/mol. The van der Waals surface area contributed by atoms with Crippen molar-refractivity contribution in [2.75, 3.05) is 5.73 Å². The number of rotatable bonds is 1. The molecule has 0 fully saturated rings. The minimum Gasteiger partial charge on any atom is -0.383 e. The summed E-state index contributed by atoms with van der Waals surface area (Å²) in [6.07, 6.45) is 4.61. The maximum absolute atomic E-state index is 6.26. The molecule has 0 bridgehead atoms. The number of benzene rings is 1. The average molecular weight is 241 g/mol. The van der Waals surface area contributed by atoms with Crippen LogP contribution in [0.1, 0.15) is 35.2 Å². The van der Waals surface area contributed by atoms with E-state index in [0.29, 0.717) is 0 Å². The fraction of sp³-hybridized carbons (Fsp3) is 0.400. The molecule has 2 N–H and O–H groups in total. The zero-order valence-corrected chi connectivity index (χ0v) is 11.0. The normalized spacial score (nSPS) is 14.6. The number of aryl methyl sites for hydroxylation is 3. The van der Waals surface area contributed by atoms with Crippen LogP contribution < -0.4 is 5.73 Å². The molecule has 2 aromatic rings. The lowest BCUT2D eigenvalue weighted by atomic mass is 9.98. The first-order valence-corrected chi connectivity index (χ1v) is 6.60. The predicted molar refractivity (Wildman–Crippen MR) is 74.1 cm³/mol. The molecule has 94 valence electrons. The van der Waals surface area contributed by atoms with Gasteiger partial charge in [0.2, 0.25) is 0 Å². The van der Waals surface area contributed by atoms with E-state index in [4.69, 9.17) is 10.8 Å². The molecule has 1 aliphatic rings. The quantitative estimate of drug-likeness (QED) is 0.834. The van der Waals surface area contributed by atoms with Crippen LogP contribution in [-0.2, 0) is 12.8 Å². The Balaban J connectivity index is 2.14. The number of anilines is 1. The lowest BCUT2D eigenvalue weighted by Gasteiger charge is -2.10. The molecular weight excluding hydrogens is 222 g/mol. The van der Waals surface area contributed by atoms with Crippen molar-refractivity contribution in [2.45, 2.75) is 39.5 Å². The van der Waals surface area contributed by atoms with Crippen molar-refractivity contribution in [3.8, 4) is 5.69 Å². The fourth-order valence-electron chi connectivity index (χ4n) is 2.80. The molecule has 0 saturated heterocycles. The number of nitrogens with zero attached hydrogens (tertiary/aromatic N) is 2. The summed E-state index contributed by atoms with van der Waals surface area (Å²) in [6.45, 7) is 4.22. The van der Waals surface area contributed by atoms with Gasteiger partial charge in [0, 0.05) is 5.56 Å². The summed E-state index contributed by atoms with van der Waals surface area (Å²) in [5.74, 6) is 0.830. The van der Waals surface area contributed by atoms with Gasteiger partial charge in [0.1, 0.15) is 5.82 Å². The summed E-state index contributed by atoms with van der Waals surface area (Å²) in [7, 11) is 0. The molecule has 1 aromatic carbocycles. The van der Waals surface area contributed by atoms with Crippen molar-refractivity contribution < 1.29 is 0 Å². The van der Waals surface area contributed by atoms with Crippen LogP contribution in [0.3, 0.4) is 0 Å². The summed E-state index contributed by atoms with van der Waals surface area (Å²) in [5.41, 5.74) is 12.3. The molecular formula is C15H19N3. The smallest absolute Gasteiger partial charge is 0.130 e. The van der Waals surface area contributed by atoms with E-state index in [9.17, 15) is 0 Å². The first-order valence-electron chi connectivity index (χ1n) is 6.60. The zero-order valence-electron chi connectivity index (χ0n) is 11.0. The molecule has 1 aliphatic carbocycles. The largest absolute Gasteiger partial charge is 0.383 e. The standard InChI is InChI=1S/C15H19N3/c1-10-7-8-14(11(2)9-10)18-15(16)12-5-3-4-6-13(12)17-18/h7-9H,3-6,16H2,1-2H3. The molecule has 1 aromatic heterocycles. The van der Waals surface area contributed by atoms with Gasteiger partial charge in [-0.2, -0.15) is 5.10 Å². The van der Waals surface area contributed by atoms with E-state index < -0.39 is 0 Å². The molecule has 0 radical (unpaired) electrons. The SMILES string of the molecule is Cc1ccc(-n2nc3c(c2N)CCCC3)c(C)c1. The minimum atomic E-state index is 0.830. The van der Waals surface area contributed by atoms with Gasteiger partial charge in [0.15, 0.2) is 0 Å². The summed E-state index contributed by atoms with van der Waals surface area (Å²) in [6, 6.07) is 6.40. The van der Waals surface area contributed by atoms with Gasteiger partial charge in [-0.15, -0.1) is 0 Å². The molecule has 0 amide bonds. The number of hydrogen-bond donors (Lipinski definition) is 1.